The number of hydrogen-bond acceptors (Lipinski definition) is 3. The quantitative estimate of drug-likeness (QED) is 0.928. The van der Waals surface area contributed by atoms with Gasteiger partial charge in [-0.2, -0.15) is 0 Å². The molecule has 0 radical (unpaired) electrons. The molecule has 1 N–H and O–H groups in total. The fourth-order valence-corrected chi connectivity index (χ4v) is 3.40. The molecule has 1 heterocycles. The van der Waals surface area contributed by atoms with E-state index >= 15 is 0 Å². The number of carbonyl (C=O) groups is 2. The van der Waals surface area contributed by atoms with E-state index in [-0.39, 0.29) is 18.6 Å². The lowest BCUT2D eigenvalue weighted by Crippen LogP contribution is -2.41. The molecule has 1 amide bonds. The van der Waals surface area contributed by atoms with Crippen LogP contribution in [0.4, 0.5) is 4.79 Å². The number of carboxylic acids is 1. The van der Waals surface area contributed by atoms with Crippen LogP contribution in [0.25, 0.3) is 0 Å². The Morgan fingerprint density at radius 2 is 2.00 bits per heavy atom. The molecule has 1 aromatic carbocycles. The molecule has 21 heavy (non-hydrogen) atoms. The number of likely N-dealkylation sites (tertiary alicyclic amines) is 1. The van der Waals surface area contributed by atoms with Gasteiger partial charge in [-0.05, 0) is 18.4 Å². The Morgan fingerprint density at radius 3 is 2.52 bits per heavy atom. The molecule has 1 spiro atoms. The molecule has 0 bridgehead atoms. The number of benzene rings is 1. The number of carbonyl (C=O) groups excluding carboxylic acids is 1. The SMILES string of the molecule is O=C(O)[C@@H]1CN(C(=O)OCc2ccccc2)CC12CCC2. The monoisotopic (exact) mass is 289 g/mol. The fourth-order valence-electron chi connectivity index (χ4n) is 3.40. The highest BCUT2D eigenvalue weighted by molar-refractivity contribution is 5.75. The van der Waals surface area contributed by atoms with Gasteiger partial charge >= 0.3 is 12.1 Å². The maximum absolute atomic E-state index is 12.1. The molecule has 2 aliphatic rings. The van der Waals surface area contributed by atoms with Gasteiger partial charge in [0.25, 0.3) is 0 Å². The van der Waals surface area contributed by atoms with Crippen LogP contribution in [0.5, 0.6) is 0 Å². The van der Waals surface area contributed by atoms with Gasteiger partial charge in [0.15, 0.2) is 0 Å². The summed E-state index contributed by atoms with van der Waals surface area (Å²) < 4.78 is 5.30. The number of rotatable bonds is 3. The Morgan fingerprint density at radius 1 is 1.29 bits per heavy atom. The lowest BCUT2D eigenvalue weighted by Gasteiger charge is -2.40. The zero-order valence-electron chi connectivity index (χ0n) is 11.8. The van der Waals surface area contributed by atoms with Crippen LogP contribution in [-0.4, -0.2) is 35.2 Å². The van der Waals surface area contributed by atoms with E-state index in [1.54, 1.807) is 4.90 Å². The minimum absolute atomic E-state index is 0.211. The molecule has 5 nitrogen and oxygen atoms in total. The van der Waals surface area contributed by atoms with Crippen LogP contribution in [0.1, 0.15) is 24.8 Å². The molecular formula is C16H19NO4. The molecule has 1 aliphatic heterocycles. The van der Waals surface area contributed by atoms with Gasteiger partial charge in [0, 0.05) is 18.5 Å². The predicted octanol–water partition coefficient (Wildman–Crippen LogP) is 2.51. The topological polar surface area (TPSA) is 66.8 Å². The summed E-state index contributed by atoms with van der Waals surface area (Å²) >= 11 is 0. The van der Waals surface area contributed by atoms with Crippen LogP contribution in [0.15, 0.2) is 30.3 Å². The van der Waals surface area contributed by atoms with Gasteiger partial charge in [-0.15, -0.1) is 0 Å². The summed E-state index contributed by atoms with van der Waals surface area (Å²) in [6, 6.07) is 9.48. The van der Waals surface area contributed by atoms with E-state index in [0.29, 0.717) is 6.54 Å². The Bertz CT molecular complexity index is 538. The van der Waals surface area contributed by atoms with E-state index in [1.165, 1.54) is 0 Å². The van der Waals surface area contributed by atoms with Crippen molar-refractivity contribution in [3.63, 3.8) is 0 Å². The molecule has 1 aliphatic carbocycles. The number of amides is 1. The van der Waals surface area contributed by atoms with Gasteiger partial charge in [0.05, 0.1) is 5.92 Å². The van der Waals surface area contributed by atoms with Crippen molar-refractivity contribution in [2.24, 2.45) is 11.3 Å². The van der Waals surface area contributed by atoms with E-state index in [4.69, 9.17) is 4.74 Å². The number of hydrogen-bond donors (Lipinski definition) is 1. The number of nitrogens with zero attached hydrogens (tertiary/aromatic N) is 1. The summed E-state index contributed by atoms with van der Waals surface area (Å²) in [5.41, 5.74) is 0.718. The van der Waals surface area contributed by atoms with Gasteiger partial charge in [-0.3, -0.25) is 4.79 Å². The molecule has 5 heteroatoms. The van der Waals surface area contributed by atoms with Crippen LogP contribution in [0, 0.1) is 11.3 Å². The van der Waals surface area contributed by atoms with Gasteiger partial charge in [0.1, 0.15) is 6.61 Å². The van der Waals surface area contributed by atoms with Crippen molar-refractivity contribution in [1.29, 1.82) is 0 Å². The van der Waals surface area contributed by atoms with Crippen LogP contribution >= 0.6 is 0 Å². The first-order valence-electron chi connectivity index (χ1n) is 7.29. The molecule has 2 fully saturated rings. The Labute approximate surface area is 123 Å². The third kappa shape index (κ3) is 2.60. The summed E-state index contributed by atoms with van der Waals surface area (Å²) in [6.45, 7) is 1.00. The lowest BCUT2D eigenvalue weighted by molar-refractivity contribution is -0.146. The second-order valence-electron chi connectivity index (χ2n) is 6.03. The van der Waals surface area contributed by atoms with E-state index in [2.05, 4.69) is 0 Å². The first-order chi connectivity index (χ1) is 10.1. The predicted molar refractivity (Wildman–Crippen MR) is 75.6 cm³/mol. The summed E-state index contributed by atoms with van der Waals surface area (Å²) in [4.78, 5) is 25.1. The first kappa shape index (κ1) is 13.9. The molecule has 112 valence electrons. The van der Waals surface area contributed by atoms with Crippen LogP contribution in [0.2, 0.25) is 0 Å². The number of carboxylic acid groups (broad SMARTS) is 1. The van der Waals surface area contributed by atoms with Crippen molar-refractivity contribution in [3.05, 3.63) is 35.9 Å². The molecule has 0 unspecified atom stereocenters. The summed E-state index contributed by atoms with van der Waals surface area (Å²) in [5.74, 6) is -1.25. The highest BCUT2D eigenvalue weighted by Crippen LogP contribution is 2.51. The normalized spacial score (nSPS) is 22.9. The van der Waals surface area contributed by atoms with Crippen molar-refractivity contribution in [2.75, 3.05) is 13.1 Å². The zero-order chi connectivity index (χ0) is 14.9. The van der Waals surface area contributed by atoms with Crippen LogP contribution in [0.3, 0.4) is 0 Å². The van der Waals surface area contributed by atoms with Crippen molar-refractivity contribution in [1.82, 2.24) is 4.90 Å². The maximum Gasteiger partial charge on any atom is 0.410 e. The third-order valence-electron chi connectivity index (χ3n) is 4.76. The van der Waals surface area contributed by atoms with Crippen molar-refractivity contribution >= 4 is 12.1 Å². The number of ether oxygens (including phenoxy) is 1. The number of aliphatic carboxylic acids is 1. The van der Waals surface area contributed by atoms with Gasteiger partial charge in [0.2, 0.25) is 0 Å². The first-order valence-corrected chi connectivity index (χ1v) is 7.29. The minimum Gasteiger partial charge on any atom is -0.481 e. The van der Waals surface area contributed by atoms with Crippen molar-refractivity contribution < 1.29 is 19.4 Å². The largest absolute Gasteiger partial charge is 0.481 e. The van der Waals surface area contributed by atoms with Gasteiger partial charge in [-0.1, -0.05) is 36.8 Å². The summed E-state index contributed by atoms with van der Waals surface area (Å²) in [5, 5.41) is 9.34. The summed E-state index contributed by atoms with van der Waals surface area (Å²) in [6.07, 6.45) is 2.43. The Hall–Kier alpha value is -2.04. The Balaban J connectivity index is 1.60. The minimum atomic E-state index is -0.798. The highest BCUT2D eigenvalue weighted by Gasteiger charge is 2.54. The second kappa shape index (κ2) is 5.39. The molecule has 1 saturated carbocycles. The van der Waals surface area contributed by atoms with E-state index in [0.717, 1.165) is 24.8 Å². The summed E-state index contributed by atoms with van der Waals surface area (Å²) in [7, 11) is 0. The van der Waals surface area contributed by atoms with Crippen LogP contribution < -0.4 is 0 Å². The average Bonchev–Trinajstić information content (AvgIpc) is 2.87. The van der Waals surface area contributed by atoms with E-state index < -0.39 is 18.0 Å². The van der Waals surface area contributed by atoms with E-state index in [1.807, 2.05) is 30.3 Å². The van der Waals surface area contributed by atoms with Gasteiger partial charge in [-0.25, -0.2) is 4.79 Å². The highest BCUT2D eigenvalue weighted by atomic mass is 16.6. The smallest absolute Gasteiger partial charge is 0.410 e. The standard InChI is InChI=1S/C16H19NO4/c18-14(19)13-9-17(11-16(13)7-4-8-16)15(20)21-10-12-5-2-1-3-6-12/h1-3,5-6,13H,4,7-11H2,(H,18,19)/t13-/m0/s1. The lowest BCUT2D eigenvalue weighted by atomic mass is 9.63. The fraction of sp³-hybridized carbons (Fsp3) is 0.500. The third-order valence-corrected chi connectivity index (χ3v) is 4.76. The molecule has 0 aromatic heterocycles. The zero-order valence-corrected chi connectivity index (χ0v) is 11.8. The molecule has 1 atom stereocenters. The maximum atomic E-state index is 12.1. The molecule has 1 aromatic rings. The molecular weight excluding hydrogens is 270 g/mol. The van der Waals surface area contributed by atoms with E-state index in [9.17, 15) is 14.7 Å². The average molecular weight is 289 g/mol. The van der Waals surface area contributed by atoms with Crippen LogP contribution in [-0.2, 0) is 16.1 Å². The molecule has 3 rings (SSSR count). The van der Waals surface area contributed by atoms with Crippen molar-refractivity contribution in [3.8, 4) is 0 Å². The van der Waals surface area contributed by atoms with Gasteiger partial charge < -0.3 is 14.7 Å². The van der Waals surface area contributed by atoms with Crippen molar-refractivity contribution in [2.45, 2.75) is 25.9 Å². The Kier molecular flexibility index (Phi) is 3.57. The second-order valence-corrected chi connectivity index (χ2v) is 6.03. The molecule has 1 saturated heterocycles.